The Morgan fingerprint density at radius 2 is 2.09 bits per heavy atom. The highest BCUT2D eigenvalue weighted by Gasteiger charge is 2.20. The van der Waals surface area contributed by atoms with Crippen molar-refractivity contribution in [1.29, 1.82) is 0 Å². The van der Waals surface area contributed by atoms with Crippen LogP contribution in [-0.2, 0) is 4.74 Å². The SMILES string of the molecule is C=C[C@H](NC(=O)OC(C)(C)C)[C@H](C)/C=C/C(=O)c1ccoc1. The molecule has 22 heavy (non-hydrogen) atoms. The Labute approximate surface area is 131 Å². The number of hydrogen-bond acceptors (Lipinski definition) is 4. The molecule has 0 aliphatic heterocycles. The molecule has 0 spiro atoms. The molecule has 1 rings (SSSR count). The largest absolute Gasteiger partial charge is 0.472 e. The lowest BCUT2D eigenvalue weighted by Gasteiger charge is -2.24. The second-order valence-electron chi connectivity index (χ2n) is 6.00. The predicted molar refractivity (Wildman–Crippen MR) is 84.7 cm³/mol. The van der Waals surface area contributed by atoms with Crippen LogP contribution in [0.25, 0.3) is 0 Å². The van der Waals surface area contributed by atoms with E-state index in [4.69, 9.17) is 9.15 Å². The van der Waals surface area contributed by atoms with E-state index < -0.39 is 11.7 Å². The summed E-state index contributed by atoms with van der Waals surface area (Å²) in [7, 11) is 0. The third kappa shape index (κ3) is 5.99. The molecule has 1 heterocycles. The third-order valence-electron chi connectivity index (χ3n) is 2.86. The summed E-state index contributed by atoms with van der Waals surface area (Å²) in [5, 5.41) is 2.72. The highest BCUT2D eigenvalue weighted by molar-refractivity contribution is 6.04. The molecule has 0 radical (unpaired) electrons. The quantitative estimate of drug-likeness (QED) is 0.494. The summed E-state index contributed by atoms with van der Waals surface area (Å²) in [5.74, 6) is -0.262. The van der Waals surface area contributed by atoms with E-state index in [1.807, 2.05) is 6.92 Å². The van der Waals surface area contributed by atoms with E-state index in [-0.39, 0.29) is 17.7 Å². The number of carbonyl (C=O) groups excluding carboxylic acids is 2. The van der Waals surface area contributed by atoms with Crippen LogP contribution in [-0.4, -0.2) is 23.5 Å². The van der Waals surface area contributed by atoms with Crippen molar-refractivity contribution in [3.05, 3.63) is 49.0 Å². The zero-order valence-corrected chi connectivity index (χ0v) is 13.5. The highest BCUT2D eigenvalue weighted by atomic mass is 16.6. The van der Waals surface area contributed by atoms with Crippen LogP contribution in [0.3, 0.4) is 0 Å². The standard InChI is InChI=1S/C17H23NO4/c1-6-14(18-16(20)22-17(3,4)5)12(2)7-8-15(19)13-9-10-21-11-13/h6-12,14H,1H2,2-5H3,(H,18,20)/b8-7+/t12-,14+/m1/s1. The molecule has 0 bridgehead atoms. The minimum atomic E-state index is -0.563. The van der Waals surface area contributed by atoms with Gasteiger partial charge < -0.3 is 14.5 Å². The summed E-state index contributed by atoms with van der Waals surface area (Å²) in [4.78, 5) is 23.6. The van der Waals surface area contributed by atoms with Gasteiger partial charge in [-0.1, -0.05) is 19.1 Å². The van der Waals surface area contributed by atoms with Gasteiger partial charge in [0.25, 0.3) is 0 Å². The first kappa shape index (κ1) is 17.8. The Balaban J connectivity index is 2.61. The molecule has 0 saturated heterocycles. The normalized spacial score (nSPS) is 14.4. The number of ether oxygens (including phenoxy) is 1. The number of furan rings is 1. The number of rotatable bonds is 6. The number of carbonyl (C=O) groups is 2. The predicted octanol–water partition coefficient (Wildman–Crippen LogP) is 3.73. The van der Waals surface area contributed by atoms with E-state index >= 15 is 0 Å². The maximum atomic E-state index is 11.8. The van der Waals surface area contributed by atoms with E-state index in [0.717, 1.165) is 0 Å². The summed E-state index contributed by atoms with van der Waals surface area (Å²) in [5.41, 5.74) is -0.0785. The molecule has 5 nitrogen and oxygen atoms in total. The Bertz CT molecular complexity index is 538. The second-order valence-corrected chi connectivity index (χ2v) is 6.00. The molecule has 0 aliphatic carbocycles. The molecule has 0 fully saturated rings. The van der Waals surface area contributed by atoms with Gasteiger partial charge in [0.1, 0.15) is 11.9 Å². The molecule has 5 heteroatoms. The van der Waals surface area contributed by atoms with Crippen LogP contribution in [0, 0.1) is 5.92 Å². The van der Waals surface area contributed by atoms with Gasteiger partial charge in [0, 0.05) is 0 Å². The molecular weight excluding hydrogens is 282 g/mol. The number of amides is 1. The maximum Gasteiger partial charge on any atom is 0.408 e. The number of hydrogen-bond donors (Lipinski definition) is 1. The molecule has 0 aliphatic rings. The number of ketones is 1. The van der Waals surface area contributed by atoms with Crippen molar-refractivity contribution < 1.29 is 18.7 Å². The Kier molecular flexibility index (Phi) is 6.16. The first-order valence-corrected chi connectivity index (χ1v) is 7.09. The number of alkyl carbamates (subject to hydrolysis) is 1. The van der Waals surface area contributed by atoms with Gasteiger partial charge in [-0.25, -0.2) is 4.79 Å². The monoisotopic (exact) mass is 305 g/mol. The molecule has 1 aromatic rings. The van der Waals surface area contributed by atoms with Crippen molar-refractivity contribution in [3.63, 3.8) is 0 Å². The van der Waals surface area contributed by atoms with Crippen LogP contribution in [0.4, 0.5) is 4.79 Å². The van der Waals surface area contributed by atoms with Crippen molar-refractivity contribution >= 4 is 11.9 Å². The first-order valence-electron chi connectivity index (χ1n) is 7.09. The van der Waals surface area contributed by atoms with Gasteiger partial charge in [0.05, 0.1) is 17.9 Å². The maximum absolute atomic E-state index is 11.8. The lowest BCUT2D eigenvalue weighted by atomic mass is 10.0. The third-order valence-corrected chi connectivity index (χ3v) is 2.86. The van der Waals surface area contributed by atoms with Gasteiger partial charge in [-0.3, -0.25) is 4.79 Å². The number of nitrogens with one attached hydrogen (secondary N) is 1. The molecule has 2 atom stereocenters. The molecule has 1 aromatic heterocycles. The molecule has 0 aromatic carbocycles. The van der Waals surface area contributed by atoms with Crippen LogP contribution >= 0.6 is 0 Å². The lowest BCUT2D eigenvalue weighted by Crippen LogP contribution is -2.40. The minimum Gasteiger partial charge on any atom is -0.472 e. The smallest absolute Gasteiger partial charge is 0.408 e. The van der Waals surface area contributed by atoms with Crippen molar-refractivity contribution in [3.8, 4) is 0 Å². The first-order chi connectivity index (χ1) is 10.2. The van der Waals surface area contributed by atoms with E-state index in [0.29, 0.717) is 5.56 Å². The second kappa shape index (κ2) is 7.64. The van der Waals surface area contributed by atoms with E-state index in [2.05, 4.69) is 11.9 Å². The van der Waals surface area contributed by atoms with Crippen LogP contribution in [0.15, 0.2) is 47.8 Å². The molecule has 0 saturated carbocycles. The molecule has 0 unspecified atom stereocenters. The summed E-state index contributed by atoms with van der Waals surface area (Å²) in [6.07, 6.45) is 7.12. The average molecular weight is 305 g/mol. The van der Waals surface area contributed by atoms with Crippen molar-refractivity contribution in [2.75, 3.05) is 0 Å². The Morgan fingerprint density at radius 1 is 1.41 bits per heavy atom. The zero-order valence-electron chi connectivity index (χ0n) is 13.5. The minimum absolute atomic E-state index is 0.110. The molecule has 1 amide bonds. The van der Waals surface area contributed by atoms with Crippen molar-refractivity contribution in [2.24, 2.45) is 5.92 Å². The Hall–Kier alpha value is -2.30. The Morgan fingerprint density at radius 3 is 2.59 bits per heavy atom. The van der Waals surface area contributed by atoms with Gasteiger partial charge in [0.2, 0.25) is 0 Å². The fraction of sp³-hybridized carbons (Fsp3) is 0.412. The summed E-state index contributed by atoms with van der Waals surface area (Å²) in [6.45, 7) is 11.0. The van der Waals surface area contributed by atoms with Crippen LogP contribution in [0.2, 0.25) is 0 Å². The summed E-state index contributed by atoms with van der Waals surface area (Å²) in [6, 6.07) is 1.27. The van der Waals surface area contributed by atoms with E-state index in [1.54, 1.807) is 39.0 Å². The highest BCUT2D eigenvalue weighted by Crippen LogP contribution is 2.11. The van der Waals surface area contributed by atoms with Crippen molar-refractivity contribution in [2.45, 2.75) is 39.3 Å². The van der Waals surface area contributed by atoms with Gasteiger partial charge in [-0.2, -0.15) is 0 Å². The summed E-state index contributed by atoms with van der Waals surface area (Å²) >= 11 is 0. The fourth-order valence-electron chi connectivity index (χ4n) is 1.71. The summed E-state index contributed by atoms with van der Waals surface area (Å²) < 4.78 is 10.1. The average Bonchev–Trinajstić information content (AvgIpc) is 2.93. The lowest BCUT2D eigenvalue weighted by molar-refractivity contribution is 0.0507. The zero-order chi connectivity index (χ0) is 16.8. The van der Waals surface area contributed by atoms with Crippen molar-refractivity contribution in [1.82, 2.24) is 5.32 Å². The van der Waals surface area contributed by atoms with Crippen LogP contribution in [0.1, 0.15) is 38.1 Å². The molecule has 1 N–H and O–H groups in total. The van der Waals surface area contributed by atoms with E-state index in [1.165, 1.54) is 18.6 Å². The van der Waals surface area contributed by atoms with Gasteiger partial charge >= 0.3 is 6.09 Å². The van der Waals surface area contributed by atoms with Crippen LogP contribution < -0.4 is 5.32 Å². The van der Waals surface area contributed by atoms with Gasteiger partial charge in [0.15, 0.2) is 5.78 Å². The fourth-order valence-corrected chi connectivity index (χ4v) is 1.71. The van der Waals surface area contributed by atoms with Gasteiger partial charge in [-0.15, -0.1) is 6.58 Å². The van der Waals surface area contributed by atoms with E-state index in [9.17, 15) is 9.59 Å². The van der Waals surface area contributed by atoms with Crippen LogP contribution in [0.5, 0.6) is 0 Å². The molecule has 120 valence electrons. The molecular formula is C17H23NO4. The topological polar surface area (TPSA) is 68.5 Å². The number of allylic oxidation sites excluding steroid dienone is 1. The van der Waals surface area contributed by atoms with Gasteiger partial charge in [-0.05, 0) is 38.8 Å².